The Labute approximate surface area is 121 Å². The van der Waals surface area contributed by atoms with Crippen molar-refractivity contribution in [2.45, 2.75) is 27.3 Å². The van der Waals surface area contributed by atoms with Crippen molar-refractivity contribution in [2.24, 2.45) is 0 Å². The summed E-state index contributed by atoms with van der Waals surface area (Å²) in [5, 5.41) is 3.34. The molecule has 108 valence electrons. The van der Waals surface area contributed by atoms with Crippen molar-refractivity contribution in [3.63, 3.8) is 0 Å². The van der Waals surface area contributed by atoms with Gasteiger partial charge in [0.2, 0.25) is 0 Å². The molecule has 1 aromatic rings. The van der Waals surface area contributed by atoms with Crippen LogP contribution in [0.2, 0.25) is 0 Å². The maximum atomic E-state index is 5.93. The maximum Gasteiger partial charge on any atom is 0.165 e. The highest BCUT2D eigenvalue weighted by Crippen LogP contribution is 2.31. The third-order valence-corrected chi connectivity index (χ3v) is 3.47. The number of hydrogen-bond donors (Lipinski definition) is 1. The summed E-state index contributed by atoms with van der Waals surface area (Å²) in [6.45, 7) is 9.40. The van der Waals surface area contributed by atoms with Crippen molar-refractivity contribution in [3.05, 3.63) is 23.8 Å². The molecular weight excluding hydrogens is 258 g/mol. The van der Waals surface area contributed by atoms with Crippen LogP contribution in [0.25, 0.3) is 0 Å². The molecule has 0 radical (unpaired) electrons. The van der Waals surface area contributed by atoms with Crippen LogP contribution in [-0.4, -0.2) is 31.3 Å². The summed E-state index contributed by atoms with van der Waals surface area (Å²) in [5.41, 5.74) is 1.16. The molecule has 1 N–H and O–H groups in total. The van der Waals surface area contributed by atoms with Gasteiger partial charge in [-0.15, -0.1) is 0 Å². The highest BCUT2D eigenvalue weighted by Gasteiger charge is 2.10. The molecule has 0 aromatic heterocycles. The molecule has 0 aliphatic carbocycles. The van der Waals surface area contributed by atoms with E-state index in [9.17, 15) is 0 Å². The predicted octanol–water partition coefficient (Wildman–Crippen LogP) is 3.33. The van der Waals surface area contributed by atoms with Gasteiger partial charge in [0.25, 0.3) is 0 Å². The lowest BCUT2D eigenvalue weighted by Gasteiger charge is -2.16. The number of nitrogens with one attached hydrogen (secondary N) is 1. The average molecular weight is 283 g/mol. The number of thioether (sulfide) groups is 1. The van der Waals surface area contributed by atoms with E-state index in [1.807, 2.05) is 30.8 Å². The monoisotopic (exact) mass is 283 g/mol. The number of hydrogen-bond acceptors (Lipinski definition) is 4. The zero-order valence-corrected chi connectivity index (χ0v) is 13.0. The fourth-order valence-electron chi connectivity index (χ4n) is 1.74. The lowest BCUT2D eigenvalue weighted by atomic mass is 10.2. The first-order chi connectivity index (χ1) is 9.33. The van der Waals surface area contributed by atoms with Crippen LogP contribution in [0.1, 0.15) is 26.3 Å². The molecule has 0 fully saturated rings. The second-order valence-electron chi connectivity index (χ2n) is 4.00. The van der Waals surface area contributed by atoms with E-state index in [2.05, 4.69) is 25.2 Å². The third kappa shape index (κ3) is 5.74. The topological polar surface area (TPSA) is 30.5 Å². The van der Waals surface area contributed by atoms with E-state index < -0.39 is 0 Å². The number of ether oxygens (including phenoxy) is 2. The third-order valence-electron chi connectivity index (χ3n) is 2.60. The molecule has 0 atom stereocenters. The van der Waals surface area contributed by atoms with E-state index in [1.54, 1.807) is 0 Å². The standard InChI is InChI=1S/C15H25NO2S/c1-4-16-12-13-8-7-9-14(17-5-2)15(13)18-10-11-19-6-3/h7-9,16H,4-6,10-12H2,1-3H3. The Balaban J connectivity index is 2.74. The van der Waals surface area contributed by atoms with Gasteiger partial charge in [0, 0.05) is 17.9 Å². The summed E-state index contributed by atoms with van der Waals surface area (Å²) in [4.78, 5) is 0. The molecule has 0 unspecified atom stereocenters. The lowest BCUT2D eigenvalue weighted by molar-refractivity contribution is 0.286. The van der Waals surface area contributed by atoms with Gasteiger partial charge in [-0.2, -0.15) is 11.8 Å². The molecule has 0 aliphatic rings. The Morgan fingerprint density at radius 3 is 2.68 bits per heavy atom. The summed E-state index contributed by atoms with van der Waals surface area (Å²) >= 11 is 1.89. The van der Waals surface area contributed by atoms with Crippen LogP contribution in [0.3, 0.4) is 0 Å². The average Bonchev–Trinajstić information content (AvgIpc) is 2.43. The summed E-state index contributed by atoms with van der Waals surface area (Å²) in [5.74, 6) is 3.87. The summed E-state index contributed by atoms with van der Waals surface area (Å²) < 4.78 is 11.6. The van der Waals surface area contributed by atoms with Crippen LogP contribution in [0, 0.1) is 0 Å². The Hall–Kier alpha value is -0.870. The first-order valence-electron chi connectivity index (χ1n) is 6.99. The van der Waals surface area contributed by atoms with Crippen molar-refractivity contribution in [1.29, 1.82) is 0 Å². The second kappa shape index (κ2) is 9.98. The van der Waals surface area contributed by atoms with Crippen LogP contribution in [0.4, 0.5) is 0 Å². The molecule has 4 heteroatoms. The summed E-state index contributed by atoms with van der Waals surface area (Å²) in [6.07, 6.45) is 0. The molecule has 0 saturated heterocycles. The van der Waals surface area contributed by atoms with Gasteiger partial charge in [0.1, 0.15) is 0 Å². The zero-order chi connectivity index (χ0) is 13.9. The minimum Gasteiger partial charge on any atom is -0.490 e. The molecular formula is C15H25NO2S. The van der Waals surface area contributed by atoms with Gasteiger partial charge in [0.15, 0.2) is 11.5 Å². The van der Waals surface area contributed by atoms with Crippen molar-refractivity contribution >= 4 is 11.8 Å². The van der Waals surface area contributed by atoms with Crippen LogP contribution in [0.15, 0.2) is 18.2 Å². The van der Waals surface area contributed by atoms with Gasteiger partial charge in [-0.05, 0) is 25.3 Å². The van der Waals surface area contributed by atoms with E-state index in [4.69, 9.17) is 9.47 Å². The van der Waals surface area contributed by atoms with Crippen molar-refractivity contribution in [1.82, 2.24) is 5.32 Å². The number of benzene rings is 1. The number of rotatable bonds is 10. The van der Waals surface area contributed by atoms with Gasteiger partial charge < -0.3 is 14.8 Å². The SMILES string of the molecule is CCNCc1cccc(OCC)c1OCCSCC. The van der Waals surface area contributed by atoms with Gasteiger partial charge in [-0.1, -0.05) is 26.0 Å². The molecule has 0 aliphatic heterocycles. The fourth-order valence-corrected chi connectivity index (χ4v) is 2.23. The van der Waals surface area contributed by atoms with Crippen LogP contribution in [0.5, 0.6) is 11.5 Å². The lowest BCUT2D eigenvalue weighted by Crippen LogP contribution is -2.14. The van der Waals surface area contributed by atoms with Crippen molar-refractivity contribution < 1.29 is 9.47 Å². The molecule has 1 aromatic carbocycles. The Bertz CT molecular complexity index is 358. The summed E-state index contributed by atoms with van der Waals surface area (Å²) in [7, 11) is 0. The van der Waals surface area contributed by atoms with Crippen LogP contribution < -0.4 is 14.8 Å². The van der Waals surface area contributed by atoms with E-state index in [1.165, 1.54) is 0 Å². The Morgan fingerprint density at radius 1 is 1.16 bits per heavy atom. The predicted molar refractivity (Wildman–Crippen MR) is 83.5 cm³/mol. The first-order valence-corrected chi connectivity index (χ1v) is 8.14. The van der Waals surface area contributed by atoms with E-state index >= 15 is 0 Å². The fraction of sp³-hybridized carbons (Fsp3) is 0.600. The Morgan fingerprint density at radius 2 is 2.00 bits per heavy atom. The van der Waals surface area contributed by atoms with E-state index in [0.717, 1.165) is 48.3 Å². The quantitative estimate of drug-likeness (QED) is 0.667. The smallest absolute Gasteiger partial charge is 0.165 e. The minimum atomic E-state index is 0.657. The second-order valence-corrected chi connectivity index (χ2v) is 5.40. The molecule has 0 spiro atoms. The molecule has 1 rings (SSSR count). The molecule has 0 saturated carbocycles. The van der Waals surface area contributed by atoms with Gasteiger partial charge in [-0.3, -0.25) is 0 Å². The molecule has 3 nitrogen and oxygen atoms in total. The van der Waals surface area contributed by atoms with Crippen LogP contribution in [-0.2, 0) is 6.54 Å². The van der Waals surface area contributed by atoms with Crippen molar-refractivity contribution in [3.8, 4) is 11.5 Å². The molecule has 0 heterocycles. The van der Waals surface area contributed by atoms with Gasteiger partial charge in [-0.25, -0.2) is 0 Å². The van der Waals surface area contributed by atoms with Crippen LogP contribution >= 0.6 is 11.8 Å². The van der Waals surface area contributed by atoms with Gasteiger partial charge in [0.05, 0.1) is 13.2 Å². The minimum absolute atomic E-state index is 0.657. The largest absolute Gasteiger partial charge is 0.490 e. The number of para-hydroxylation sites is 1. The molecule has 0 bridgehead atoms. The van der Waals surface area contributed by atoms with Gasteiger partial charge >= 0.3 is 0 Å². The molecule has 0 amide bonds. The van der Waals surface area contributed by atoms with Crippen molar-refractivity contribution in [2.75, 3.05) is 31.3 Å². The van der Waals surface area contributed by atoms with E-state index in [-0.39, 0.29) is 0 Å². The normalized spacial score (nSPS) is 10.5. The van der Waals surface area contributed by atoms with E-state index in [0.29, 0.717) is 6.61 Å². The summed E-state index contributed by atoms with van der Waals surface area (Å²) in [6, 6.07) is 6.08. The highest BCUT2D eigenvalue weighted by molar-refractivity contribution is 7.99. The first kappa shape index (κ1) is 16.2. The highest BCUT2D eigenvalue weighted by atomic mass is 32.2. The molecule has 19 heavy (non-hydrogen) atoms. The Kier molecular flexibility index (Phi) is 8.50. The zero-order valence-electron chi connectivity index (χ0n) is 12.2. The maximum absolute atomic E-state index is 5.93.